The summed E-state index contributed by atoms with van der Waals surface area (Å²) in [6, 6.07) is 10.7. The van der Waals surface area contributed by atoms with Gasteiger partial charge in [0.25, 0.3) is 5.89 Å². The third kappa shape index (κ3) is 2.80. The Morgan fingerprint density at radius 2 is 1.68 bits per heavy atom. The number of alkyl halides is 3. The summed E-state index contributed by atoms with van der Waals surface area (Å²) < 4.78 is 43.3. The third-order valence-electron chi connectivity index (χ3n) is 3.55. The van der Waals surface area contributed by atoms with Gasteiger partial charge in [-0.25, -0.2) is 4.98 Å². The number of benzene rings is 2. The zero-order valence-corrected chi connectivity index (χ0v) is 12.4. The van der Waals surface area contributed by atoms with Gasteiger partial charge >= 0.3 is 6.18 Å². The standard InChI is InChI=1S/C16H9F3N4O2/c17-16(18,19)15-20-11-6-3-9(7-12(11)21-15)14-22-13(23-25-14)8-1-4-10(24)5-2-8/h1-7,24H,(H,20,21). The van der Waals surface area contributed by atoms with Crippen molar-refractivity contribution in [1.29, 1.82) is 0 Å². The number of rotatable bonds is 2. The van der Waals surface area contributed by atoms with E-state index in [4.69, 9.17) is 4.52 Å². The van der Waals surface area contributed by atoms with Gasteiger partial charge in [-0.2, -0.15) is 18.2 Å². The van der Waals surface area contributed by atoms with Gasteiger partial charge in [-0.05, 0) is 42.5 Å². The summed E-state index contributed by atoms with van der Waals surface area (Å²) in [6.07, 6.45) is -4.55. The number of H-pyrrole nitrogens is 1. The van der Waals surface area contributed by atoms with Crippen LogP contribution in [0.3, 0.4) is 0 Å². The van der Waals surface area contributed by atoms with Crippen molar-refractivity contribution < 1.29 is 22.8 Å². The number of aromatic amines is 1. The number of aromatic nitrogens is 4. The first kappa shape index (κ1) is 15.2. The van der Waals surface area contributed by atoms with E-state index in [2.05, 4.69) is 20.1 Å². The van der Waals surface area contributed by atoms with Crippen molar-refractivity contribution >= 4 is 11.0 Å². The number of hydrogen-bond donors (Lipinski definition) is 2. The number of fused-ring (bicyclic) bond motifs is 1. The first-order valence-electron chi connectivity index (χ1n) is 7.10. The second-order valence-corrected chi connectivity index (χ2v) is 5.29. The first-order valence-corrected chi connectivity index (χ1v) is 7.10. The molecule has 4 aromatic rings. The Labute approximate surface area is 137 Å². The zero-order valence-electron chi connectivity index (χ0n) is 12.4. The second-order valence-electron chi connectivity index (χ2n) is 5.29. The Morgan fingerprint density at radius 3 is 2.40 bits per heavy atom. The Balaban J connectivity index is 1.71. The minimum Gasteiger partial charge on any atom is -0.508 e. The van der Waals surface area contributed by atoms with E-state index >= 15 is 0 Å². The molecule has 0 spiro atoms. The average molecular weight is 346 g/mol. The van der Waals surface area contributed by atoms with Crippen LogP contribution in [0.2, 0.25) is 0 Å². The molecule has 0 unspecified atom stereocenters. The summed E-state index contributed by atoms with van der Waals surface area (Å²) in [5.74, 6) is -0.489. The fraction of sp³-hybridized carbons (Fsp3) is 0.0625. The van der Waals surface area contributed by atoms with Crippen LogP contribution in [0.1, 0.15) is 5.82 Å². The van der Waals surface area contributed by atoms with Crippen molar-refractivity contribution in [3.05, 3.63) is 48.3 Å². The quantitative estimate of drug-likeness (QED) is 0.573. The van der Waals surface area contributed by atoms with E-state index in [1.807, 2.05) is 0 Å². The number of nitrogens with one attached hydrogen (secondary N) is 1. The van der Waals surface area contributed by atoms with Crippen LogP contribution in [0.25, 0.3) is 33.9 Å². The predicted octanol–water partition coefficient (Wildman–Crippen LogP) is 4.00. The first-order chi connectivity index (χ1) is 11.9. The predicted molar refractivity (Wildman–Crippen MR) is 81.5 cm³/mol. The smallest absolute Gasteiger partial charge is 0.449 e. The van der Waals surface area contributed by atoms with Gasteiger partial charge in [-0.15, -0.1) is 0 Å². The molecule has 2 aromatic carbocycles. The molecule has 0 bridgehead atoms. The van der Waals surface area contributed by atoms with E-state index in [1.165, 1.54) is 24.3 Å². The van der Waals surface area contributed by atoms with Crippen LogP contribution in [-0.2, 0) is 6.18 Å². The molecule has 0 amide bonds. The molecule has 0 aliphatic carbocycles. The van der Waals surface area contributed by atoms with Gasteiger partial charge in [0.05, 0.1) is 11.0 Å². The van der Waals surface area contributed by atoms with Gasteiger partial charge in [0.1, 0.15) is 5.75 Å². The van der Waals surface area contributed by atoms with E-state index < -0.39 is 12.0 Å². The number of halogens is 3. The Bertz CT molecular complexity index is 1050. The topological polar surface area (TPSA) is 87.8 Å². The molecule has 0 saturated carbocycles. The van der Waals surface area contributed by atoms with Crippen LogP contribution in [0.5, 0.6) is 5.75 Å². The van der Waals surface area contributed by atoms with Gasteiger partial charge in [0, 0.05) is 11.1 Å². The molecule has 0 radical (unpaired) electrons. The van der Waals surface area contributed by atoms with Crippen molar-refractivity contribution in [2.75, 3.05) is 0 Å². The molecule has 126 valence electrons. The highest BCUT2D eigenvalue weighted by atomic mass is 19.4. The summed E-state index contributed by atoms with van der Waals surface area (Å²) in [5, 5.41) is 13.1. The summed E-state index contributed by atoms with van der Waals surface area (Å²) in [5.41, 5.74) is 1.50. The molecule has 2 N–H and O–H groups in total. The lowest BCUT2D eigenvalue weighted by Crippen LogP contribution is -2.06. The molecule has 25 heavy (non-hydrogen) atoms. The Kier molecular flexibility index (Phi) is 3.24. The van der Waals surface area contributed by atoms with E-state index in [1.54, 1.807) is 18.2 Å². The van der Waals surface area contributed by atoms with Crippen molar-refractivity contribution in [3.63, 3.8) is 0 Å². The van der Waals surface area contributed by atoms with Crippen LogP contribution in [0, 0.1) is 0 Å². The summed E-state index contributed by atoms with van der Waals surface area (Å²) in [4.78, 5) is 9.97. The maximum atomic E-state index is 12.7. The molecule has 2 aromatic heterocycles. The molecule has 0 saturated heterocycles. The zero-order chi connectivity index (χ0) is 17.6. The highest BCUT2D eigenvalue weighted by molar-refractivity contribution is 5.80. The van der Waals surface area contributed by atoms with E-state index in [9.17, 15) is 18.3 Å². The molecule has 0 atom stereocenters. The summed E-state index contributed by atoms with van der Waals surface area (Å²) in [7, 11) is 0. The second kappa shape index (κ2) is 5.33. The number of aromatic hydroxyl groups is 1. The molecule has 9 heteroatoms. The van der Waals surface area contributed by atoms with Crippen LogP contribution >= 0.6 is 0 Å². The molecular weight excluding hydrogens is 337 g/mol. The highest BCUT2D eigenvalue weighted by Gasteiger charge is 2.34. The SMILES string of the molecule is Oc1ccc(-c2noc(-c3ccc4nc(C(F)(F)F)[nH]c4c3)n2)cc1. The fourth-order valence-corrected chi connectivity index (χ4v) is 2.35. The number of hydrogen-bond acceptors (Lipinski definition) is 5. The van der Waals surface area contributed by atoms with E-state index in [0.717, 1.165) is 0 Å². The number of phenolic OH excluding ortho intramolecular Hbond substituents is 1. The Morgan fingerprint density at radius 1 is 0.960 bits per heavy atom. The molecule has 4 rings (SSSR count). The fourth-order valence-electron chi connectivity index (χ4n) is 2.35. The summed E-state index contributed by atoms with van der Waals surface area (Å²) in [6.45, 7) is 0. The van der Waals surface area contributed by atoms with Gasteiger partial charge in [0.15, 0.2) is 0 Å². The van der Waals surface area contributed by atoms with Crippen molar-refractivity contribution in [2.24, 2.45) is 0 Å². The molecule has 6 nitrogen and oxygen atoms in total. The van der Waals surface area contributed by atoms with Crippen molar-refractivity contribution in [2.45, 2.75) is 6.18 Å². The minimum atomic E-state index is -4.55. The van der Waals surface area contributed by atoms with Gasteiger partial charge < -0.3 is 14.6 Å². The number of phenols is 1. The maximum absolute atomic E-state index is 12.7. The highest BCUT2D eigenvalue weighted by Crippen LogP contribution is 2.30. The van der Waals surface area contributed by atoms with Gasteiger partial charge in [-0.1, -0.05) is 5.16 Å². The maximum Gasteiger partial charge on any atom is 0.449 e. The normalized spacial score (nSPS) is 12.0. The van der Waals surface area contributed by atoms with Crippen LogP contribution in [-0.4, -0.2) is 25.2 Å². The minimum absolute atomic E-state index is 0.109. The van der Waals surface area contributed by atoms with Crippen molar-refractivity contribution in [1.82, 2.24) is 20.1 Å². The molecular formula is C16H9F3N4O2. The molecule has 0 aliphatic rings. The molecule has 2 heterocycles. The Hall–Kier alpha value is -3.36. The van der Waals surface area contributed by atoms with Crippen molar-refractivity contribution in [3.8, 4) is 28.6 Å². The van der Waals surface area contributed by atoms with Crippen LogP contribution in [0.4, 0.5) is 13.2 Å². The average Bonchev–Trinajstić information content (AvgIpc) is 3.21. The number of imidazole rings is 1. The lowest BCUT2D eigenvalue weighted by Gasteiger charge is -1.99. The van der Waals surface area contributed by atoms with Gasteiger partial charge in [-0.3, -0.25) is 0 Å². The van der Waals surface area contributed by atoms with Gasteiger partial charge in [0.2, 0.25) is 11.6 Å². The van der Waals surface area contributed by atoms with E-state index in [0.29, 0.717) is 17.0 Å². The largest absolute Gasteiger partial charge is 0.508 e. The summed E-state index contributed by atoms with van der Waals surface area (Å²) >= 11 is 0. The monoisotopic (exact) mass is 346 g/mol. The molecule has 0 fully saturated rings. The number of nitrogens with zero attached hydrogens (tertiary/aromatic N) is 3. The molecule has 0 aliphatic heterocycles. The lowest BCUT2D eigenvalue weighted by atomic mass is 10.2. The van der Waals surface area contributed by atoms with Crippen LogP contribution < -0.4 is 0 Å². The third-order valence-corrected chi connectivity index (χ3v) is 3.55. The lowest BCUT2D eigenvalue weighted by molar-refractivity contribution is -0.144. The van der Waals surface area contributed by atoms with E-state index in [-0.39, 0.29) is 22.7 Å². The van der Waals surface area contributed by atoms with Crippen LogP contribution in [0.15, 0.2) is 47.0 Å².